The minimum Gasteiger partial charge on any atom is -0.380 e. The summed E-state index contributed by atoms with van der Waals surface area (Å²) in [6, 6.07) is 3.98. The summed E-state index contributed by atoms with van der Waals surface area (Å²) < 4.78 is 6.10. The van der Waals surface area contributed by atoms with E-state index in [0.29, 0.717) is 0 Å². The van der Waals surface area contributed by atoms with Crippen molar-refractivity contribution in [2.75, 3.05) is 7.11 Å². The van der Waals surface area contributed by atoms with E-state index < -0.39 is 0 Å². The zero-order valence-corrected chi connectivity index (χ0v) is 10.1. The van der Waals surface area contributed by atoms with Crippen molar-refractivity contribution in [3.63, 3.8) is 0 Å². The molecule has 1 aromatic rings. The van der Waals surface area contributed by atoms with Crippen LogP contribution in [0.1, 0.15) is 18.2 Å². The van der Waals surface area contributed by atoms with Crippen molar-refractivity contribution < 1.29 is 4.74 Å². The van der Waals surface area contributed by atoms with Crippen molar-refractivity contribution in [1.29, 1.82) is 0 Å². The third kappa shape index (κ3) is 3.24. The number of halogens is 1. The molecule has 0 aliphatic heterocycles. The first kappa shape index (κ1) is 12.0. The van der Waals surface area contributed by atoms with Crippen LogP contribution in [0.15, 0.2) is 12.1 Å². The number of hydrogen-bond donors (Lipinski definition) is 1. The quantitative estimate of drug-likeness (QED) is 0.849. The molecule has 0 saturated carbocycles. The second-order valence-electron chi connectivity index (χ2n) is 3.26. The Morgan fingerprint density at radius 1 is 1.57 bits per heavy atom. The molecule has 14 heavy (non-hydrogen) atoms. The van der Waals surface area contributed by atoms with E-state index >= 15 is 0 Å². The summed E-state index contributed by atoms with van der Waals surface area (Å²) in [4.78, 5) is 1.22. The van der Waals surface area contributed by atoms with E-state index in [1.807, 2.05) is 12.1 Å². The highest BCUT2D eigenvalue weighted by Crippen LogP contribution is 2.23. The summed E-state index contributed by atoms with van der Waals surface area (Å²) in [5, 5.41) is 0. The van der Waals surface area contributed by atoms with Gasteiger partial charge in [0, 0.05) is 18.0 Å². The van der Waals surface area contributed by atoms with Crippen LogP contribution in [0.4, 0.5) is 0 Å². The number of methoxy groups -OCH3 is 1. The molecule has 2 N–H and O–H groups in total. The summed E-state index contributed by atoms with van der Waals surface area (Å²) >= 11 is 7.42. The first-order chi connectivity index (χ1) is 6.67. The summed E-state index contributed by atoms with van der Waals surface area (Å²) in [5.41, 5.74) is 6.02. The zero-order valence-electron chi connectivity index (χ0n) is 8.50. The minimum atomic E-state index is 0.0553. The average molecular weight is 234 g/mol. The predicted octanol–water partition coefficient (Wildman–Crippen LogP) is 2.70. The van der Waals surface area contributed by atoms with Gasteiger partial charge in [0.15, 0.2) is 0 Å². The highest BCUT2D eigenvalue weighted by molar-refractivity contribution is 7.16. The van der Waals surface area contributed by atoms with Crippen LogP contribution in [0.25, 0.3) is 0 Å². The van der Waals surface area contributed by atoms with Crippen LogP contribution in [0.2, 0.25) is 4.34 Å². The van der Waals surface area contributed by atoms with Gasteiger partial charge in [-0.2, -0.15) is 0 Å². The van der Waals surface area contributed by atoms with Crippen LogP contribution >= 0.6 is 22.9 Å². The van der Waals surface area contributed by atoms with Gasteiger partial charge >= 0.3 is 0 Å². The van der Waals surface area contributed by atoms with Crippen molar-refractivity contribution in [3.05, 3.63) is 21.3 Å². The molecule has 1 aromatic heterocycles. The molecule has 0 radical (unpaired) electrons. The Hall–Kier alpha value is -0.0900. The fraction of sp³-hybridized carbons (Fsp3) is 0.600. The molecule has 2 atom stereocenters. The lowest BCUT2D eigenvalue weighted by Crippen LogP contribution is -2.37. The Morgan fingerprint density at radius 2 is 2.29 bits per heavy atom. The molecule has 0 aliphatic carbocycles. The fourth-order valence-corrected chi connectivity index (χ4v) is 2.63. The van der Waals surface area contributed by atoms with Gasteiger partial charge < -0.3 is 10.5 Å². The van der Waals surface area contributed by atoms with E-state index in [1.54, 1.807) is 18.4 Å². The number of hydrogen-bond acceptors (Lipinski definition) is 3. The number of nitrogens with two attached hydrogens (primary N) is 1. The van der Waals surface area contributed by atoms with Crippen LogP contribution < -0.4 is 5.73 Å². The Kier molecular flexibility index (Phi) is 4.89. The van der Waals surface area contributed by atoms with Gasteiger partial charge in [-0.15, -0.1) is 11.3 Å². The van der Waals surface area contributed by atoms with E-state index in [9.17, 15) is 0 Å². The summed E-state index contributed by atoms with van der Waals surface area (Å²) in [6.07, 6.45) is 1.91. The van der Waals surface area contributed by atoms with Crippen molar-refractivity contribution >= 4 is 22.9 Å². The molecule has 2 nitrogen and oxygen atoms in total. The van der Waals surface area contributed by atoms with Crippen LogP contribution in [-0.2, 0) is 11.2 Å². The molecule has 0 saturated heterocycles. The molecule has 80 valence electrons. The Morgan fingerprint density at radius 3 is 2.71 bits per heavy atom. The van der Waals surface area contributed by atoms with Gasteiger partial charge in [0.1, 0.15) is 0 Å². The van der Waals surface area contributed by atoms with Gasteiger partial charge in [-0.25, -0.2) is 0 Å². The smallest absolute Gasteiger partial charge is 0.0931 e. The Labute approximate surface area is 94.0 Å². The SMILES string of the molecule is CCC(OC)C(N)Cc1ccc(Cl)s1. The summed E-state index contributed by atoms with van der Waals surface area (Å²) in [5.74, 6) is 0. The fourth-order valence-electron chi connectivity index (χ4n) is 1.47. The molecule has 1 rings (SSSR count). The third-order valence-electron chi connectivity index (χ3n) is 2.25. The minimum absolute atomic E-state index is 0.0553. The summed E-state index contributed by atoms with van der Waals surface area (Å²) in [6.45, 7) is 2.08. The first-order valence-electron chi connectivity index (χ1n) is 4.70. The van der Waals surface area contributed by atoms with Gasteiger partial charge in [-0.3, -0.25) is 0 Å². The van der Waals surface area contributed by atoms with Crippen molar-refractivity contribution in [2.24, 2.45) is 5.73 Å². The topological polar surface area (TPSA) is 35.2 Å². The van der Waals surface area contributed by atoms with Crippen LogP contribution in [0.3, 0.4) is 0 Å². The molecule has 1 heterocycles. The van der Waals surface area contributed by atoms with E-state index in [4.69, 9.17) is 22.1 Å². The highest BCUT2D eigenvalue weighted by Gasteiger charge is 2.16. The van der Waals surface area contributed by atoms with Crippen molar-refractivity contribution in [2.45, 2.75) is 31.9 Å². The molecular formula is C10H16ClNOS. The molecule has 0 aromatic carbocycles. The molecule has 0 bridgehead atoms. The Balaban J connectivity index is 2.51. The van der Waals surface area contributed by atoms with Gasteiger partial charge in [0.05, 0.1) is 10.4 Å². The maximum atomic E-state index is 6.02. The van der Waals surface area contributed by atoms with Crippen LogP contribution in [-0.4, -0.2) is 19.3 Å². The van der Waals surface area contributed by atoms with Gasteiger partial charge in [-0.1, -0.05) is 18.5 Å². The number of ether oxygens (including phenoxy) is 1. The monoisotopic (exact) mass is 233 g/mol. The Bertz CT molecular complexity index is 273. The lowest BCUT2D eigenvalue weighted by molar-refractivity contribution is 0.0775. The second kappa shape index (κ2) is 5.71. The van der Waals surface area contributed by atoms with Crippen LogP contribution in [0.5, 0.6) is 0 Å². The number of thiophene rings is 1. The van der Waals surface area contributed by atoms with Gasteiger partial charge in [-0.05, 0) is 25.0 Å². The molecular weight excluding hydrogens is 218 g/mol. The normalized spacial score (nSPS) is 15.4. The highest BCUT2D eigenvalue weighted by atomic mass is 35.5. The lowest BCUT2D eigenvalue weighted by atomic mass is 10.1. The van der Waals surface area contributed by atoms with E-state index in [1.165, 1.54) is 4.88 Å². The van der Waals surface area contributed by atoms with Crippen molar-refractivity contribution in [1.82, 2.24) is 0 Å². The van der Waals surface area contributed by atoms with E-state index in [2.05, 4.69) is 6.92 Å². The largest absolute Gasteiger partial charge is 0.380 e. The van der Waals surface area contributed by atoms with Gasteiger partial charge in [0.25, 0.3) is 0 Å². The predicted molar refractivity (Wildman–Crippen MR) is 62.1 cm³/mol. The molecule has 0 amide bonds. The third-order valence-corrected chi connectivity index (χ3v) is 3.50. The first-order valence-corrected chi connectivity index (χ1v) is 5.89. The number of rotatable bonds is 5. The standard InChI is InChI=1S/C10H16ClNOS/c1-3-9(13-2)8(12)6-7-4-5-10(11)14-7/h4-5,8-9H,3,6,12H2,1-2H3. The van der Waals surface area contributed by atoms with Crippen molar-refractivity contribution in [3.8, 4) is 0 Å². The maximum absolute atomic E-state index is 6.02. The second-order valence-corrected chi connectivity index (χ2v) is 5.06. The molecule has 0 aliphatic rings. The zero-order chi connectivity index (χ0) is 10.6. The van der Waals surface area contributed by atoms with Gasteiger partial charge in [0.2, 0.25) is 0 Å². The molecule has 0 fully saturated rings. The average Bonchev–Trinajstić information content (AvgIpc) is 2.53. The molecule has 0 spiro atoms. The summed E-state index contributed by atoms with van der Waals surface area (Å²) in [7, 11) is 1.70. The van der Waals surface area contributed by atoms with E-state index in [0.717, 1.165) is 17.2 Å². The maximum Gasteiger partial charge on any atom is 0.0931 e. The molecule has 4 heteroatoms. The lowest BCUT2D eigenvalue weighted by Gasteiger charge is -2.20. The van der Waals surface area contributed by atoms with E-state index in [-0.39, 0.29) is 12.1 Å². The van der Waals surface area contributed by atoms with Crippen LogP contribution in [0, 0.1) is 0 Å². The molecule has 2 unspecified atom stereocenters.